The molecule has 7 N–H and O–H groups in total. The van der Waals surface area contributed by atoms with Gasteiger partial charge in [-0.1, -0.05) is 12.8 Å². The van der Waals surface area contributed by atoms with E-state index in [0.717, 1.165) is 42.8 Å². The van der Waals surface area contributed by atoms with Gasteiger partial charge in [0, 0.05) is 23.7 Å². The van der Waals surface area contributed by atoms with Crippen LogP contribution in [0.1, 0.15) is 36.0 Å². The number of aromatic nitrogens is 3. The topological polar surface area (TPSA) is 135 Å². The summed E-state index contributed by atoms with van der Waals surface area (Å²) < 4.78 is 14.6. The lowest BCUT2D eigenvalue weighted by atomic mass is 9.91. The lowest BCUT2D eigenvalue weighted by Crippen LogP contribution is -2.43. The summed E-state index contributed by atoms with van der Waals surface area (Å²) in [5, 5.41) is 7.01. The molecule has 4 rings (SSSR count). The van der Waals surface area contributed by atoms with Crippen molar-refractivity contribution in [2.24, 2.45) is 11.5 Å². The first-order valence-corrected chi connectivity index (χ1v) is 9.24. The number of halogens is 1. The molecular formula is C19H22FN7O. The van der Waals surface area contributed by atoms with E-state index in [-0.39, 0.29) is 29.3 Å². The predicted octanol–water partition coefficient (Wildman–Crippen LogP) is 2.62. The van der Waals surface area contributed by atoms with Crippen molar-refractivity contribution in [2.75, 3.05) is 10.6 Å². The molecular weight excluding hydrogens is 361 g/mol. The largest absolute Gasteiger partial charge is 0.365 e. The highest BCUT2D eigenvalue weighted by molar-refractivity contribution is 5.98. The molecule has 0 bridgehead atoms. The fraction of sp³-hybridized carbons (Fsp3) is 0.316. The molecule has 3 aromatic rings. The fourth-order valence-electron chi connectivity index (χ4n) is 3.53. The van der Waals surface area contributed by atoms with Gasteiger partial charge >= 0.3 is 0 Å². The molecule has 1 aliphatic carbocycles. The van der Waals surface area contributed by atoms with Crippen molar-refractivity contribution in [3.05, 3.63) is 42.0 Å². The zero-order valence-electron chi connectivity index (χ0n) is 15.2. The van der Waals surface area contributed by atoms with Crippen LogP contribution in [0.25, 0.3) is 11.0 Å². The molecule has 1 saturated carbocycles. The van der Waals surface area contributed by atoms with Gasteiger partial charge in [0.15, 0.2) is 11.6 Å². The number of carbonyl (C=O) groups excluding carboxylic acids is 1. The van der Waals surface area contributed by atoms with Gasteiger partial charge < -0.3 is 27.1 Å². The molecule has 28 heavy (non-hydrogen) atoms. The van der Waals surface area contributed by atoms with E-state index in [1.807, 2.05) is 12.1 Å². The van der Waals surface area contributed by atoms with Crippen LogP contribution >= 0.6 is 0 Å². The molecule has 0 spiro atoms. The minimum absolute atomic E-state index is 0.0369. The number of carbonyl (C=O) groups is 1. The minimum atomic E-state index is -0.773. The average molecular weight is 383 g/mol. The lowest BCUT2D eigenvalue weighted by Gasteiger charge is -2.30. The first-order chi connectivity index (χ1) is 13.5. The Labute approximate surface area is 160 Å². The Morgan fingerprint density at radius 3 is 2.86 bits per heavy atom. The summed E-state index contributed by atoms with van der Waals surface area (Å²) in [6.07, 6.45) is 7.20. The molecule has 9 heteroatoms. The number of hydrogen-bond acceptors (Lipinski definition) is 6. The number of hydrogen-bond donors (Lipinski definition) is 5. The van der Waals surface area contributed by atoms with Crippen LogP contribution < -0.4 is 22.1 Å². The van der Waals surface area contributed by atoms with Crippen molar-refractivity contribution in [1.82, 2.24) is 15.0 Å². The van der Waals surface area contributed by atoms with Crippen LogP contribution in [0.3, 0.4) is 0 Å². The summed E-state index contributed by atoms with van der Waals surface area (Å²) in [6.45, 7) is 0. The third kappa shape index (κ3) is 3.61. The summed E-state index contributed by atoms with van der Waals surface area (Å²) in [5.41, 5.74) is 12.9. The van der Waals surface area contributed by atoms with Gasteiger partial charge in [0.05, 0.1) is 17.4 Å². The second-order valence-electron chi connectivity index (χ2n) is 7.04. The van der Waals surface area contributed by atoms with Crippen molar-refractivity contribution in [3.8, 4) is 0 Å². The van der Waals surface area contributed by atoms with Crippen LogP contribution in [-0.4, -0.2) is 32.9 Å². The van der Waals surface area contributed by atoms with E-state index in [2.05, 4.69) is 25.6 Å². The van der Waals surface area contributed by atoms with Gasteiger partial charge in [-0.05, 0) is 31.0 Å². The molecule has 0 aliphatic heterocycles. The number of pyridine rings is 2. The second-order valence-corrected chi connectivity index (χ2v) is 7.04. The van der Waals surface area contributed by atoms with Gasteiger partial charge in [-0.2, -0.15) is 0 Å². The number of amides is 1. The Morgan fingerprint density at radius 2 is 2.07 bits per heavy atom. The van der Waals surface area contributed by atoms with E-state index in [9.17, 15) is 9.18 Å². The molecule has 146 valence electrons. The zero-order valence-corrected chi connectivity index (χ0v) is 15.2. The maximum atomic E-state index is 14.6. The molecule has 8 nitrogen and oxygen atoms in total. The molecule has 1 aliphatic rings. The number of aromatic amines is 1. The van der Waals surface area contributed by atoms with Crippen molar-refractivity contribution in [2.45, 2.75) is 37.8 Å². The van der Waals surface area contributed by atoms with Gasteiger partial charge in [-0.3, -0.25) is 4.79 Å². The number of nitrogens with two attached hydrogens (primary N) is 2. The van der Waals surface area contributed by atoms with Crippen LogP contribution in [0.15, 0.2) is 30.6 Å². The average Bonchev–Trinajstić information content (AvgIpc) is 3.13. The monoisotopic (exact) mass is 383 g/mol. The quantitative estimate of drug-likeness (QED) is 0.460. The molecule has 2 atom stereocenters. The highest BCUT2D eigenvalue weighted by atomic mass is 19.1. The summed E-state index contributed by atoms with van der Waals surface area (Å²) in [4.78, 5) is 23.4. The Kier molecular flexibility index (Phi) is 4.82. The smallest absolute Gasteiger partial charge is 0.252 e. The molecule has 3 heterocycles. The van der Waals surface area contributed by atoms with E-state index in [4.69, 9.17) is 11.5 Å². The third-order valence-electron chi connectivity index (χ3n) is 5.05. The Bertz CT molecular complexity index is 1020. The van der Waals surface area contributed by atoms with E-state index < -0.39 is 11.7 Å². The normalized spacial score (nSPS) is 19.5. The van der Waals surface area contributed by atoms with Crippen LogP contribution in [-0.2, 0) is 0 Å². The molecule has 1 fully saturated rings. The molecule has 0 aromatic carbocycles. The van der Waals surface area contributed by atoms with Crippen LogP contribution in [0, 0.1) is 5.82 Å². The zero-order chi connectivity index (χ0) is 19.7. The SMILES string of the molecule is NC(=O)c1cc(F)c(N[C@@H]2CCCC[C@@H]2N)nc1Nc1cnc2[nH]ccc2c1. The number of anilines is 3. The van der Waals surface area contributed by atoms with E-state index >= 15 is 0 Å². The summed E-state index contributed by atoms with van der Waals surface area (Å²) in [6, 6.07) is 4.68. The maximum absolute atomic E-state index is 14.6. The molecule has 3 aromatic heterocycles. The first kappa shape index (κ1) is 18.2. The first-order valence-electron chi connectivity index (χ1n) is 9.24. The number of nitrogens with one attached hydrogen (secondary N) is 3. The Balaban J connectivity index is 1.66. The highest BCUT2D eigenvalue weighted by Crippen LogP contribution is 2.27. The number of rotatable bonds is 5. The van der Waals surface area contributed by atoms with E-state index in [1.165, 1.54) is 0 Å². The second kappa shape index (κ2) is 7.43. The highest BCUT2D eigenvalue weighted by Gasteiger charge is 2.24. The summed E-state index contributed by atoms with van der Waals surface area (Å²) in [7, 11) is 0. The van der Waals surface area contributed by atoms with Crippen molar-refractivity contribution in [3.63, 3.8) is 0 Å². The molecule has 1 amide bonds. The third-order valence-corrected chi connectivity index (χ3v) is 5.05. The lowest BCUT2D eigenvalue weighted by molar-refractivity contribution is 0.100. The number of fused-ring (bicyclic) bond motifs is 1. The molecule has 0 unspecified atom stereocenters. The van der Waals surface area contributed by atoms with Crippen LogP contribution in [0.5, 0.6) is 0 Å². The minimum Gasteiger partial charge on any atom is -0.365 e. The van der Waals surface area contributed by atoms with Crippen molar-refractivity contribution >= 4 is 34.3 Å². The Hall–Kier alpha value is -3.20. The van der Waals surface area contributed by atoms with Gasteiger partial charge in [-0.25, -0.2) is 14.4 Å². The fourth-order valence-corrected chi connectivity index (χ4v) is 3.53. The summed E-state index contributed by atoms with van der Waals surface area (Å²) >= 11 is 0. The van der Waals surface area contributed by atoms with Crippen molar-refractivity contribution < 1.29 is 9.18 Å². The van der Waals surface area contributed by atoms with Gasteiger partial charge in [-0.15, -0.1) is 0 Å². The van der Waals surface area contributed by atoms with Crippen LogP contribution in [0.2, 0.25) is 0 Å². The summed E-state index contributed by atoms with van der Waals surface area (Å²) in [5.74, 6) is -1.20. The van der Waals surface area contributed by atoms with Gasteiger partial charge in [0.2, 0.25) is 0 Å². The molecule has 0 saturated heterocycles. The van der Waals surface area contributed by atoms with E-state index in [1.54, 1.807) is 12.4 Å². The molecule has 0 radical (unpaired) electrons. The number of H-pyrrole nitrogens is 1. The van der Waals surface area contributed by atoms with Gasteiger partial charge in [0.25, 0.3) is 5.91 Å². The standard InChI is InChI=1S/C19H22FN7O/c20-13-8-12(16(22)28)18(25-11-7-10-5-6-23-17(10)24-9-11)27-19(13)26-15-4-2-1-3-14(15)21/h5-9,14-15H,1-4,21H2,(H2,22,28)(H,23,24)(H2,25,26,27)/t14-,15+/m0/s1. The van der Waals surface area contributed by atoms with E-state index in [0.29, 0.717) is 5.69 Å². The predicted molar refractivity (Wildman–Crippen MR) is 106 cm³/mol. The van der Waals surface area contributed by atoms with Crippen LogP contribution in [0.4, 0.5) is 21.7 Å². The van der Waals surface area contributed by atoms with Crippen molar-refractivity contribution in [1.29, 1.82) is 0 Å². The number of nitrogens with zero attached hydrogens (tertiary/aromatic N) is 2. The Morgan fingerprint density at radius 1 is 1.25 bits per heavy atom. The van der Waals surface area contributed by atoms with Gasteiger partial charge in [0.1, 0.15) is 11.5 Å². The maximum Gasteiger partial charge on any atom is 0.252 e. The number of primary amides is 1.